The maximum Gasteiger partial charge on any atom is 0.337 e. The van der Waals surface area contributed by atoms with Gasteiger partial charge in [0.05, 0.1) is 32.1 Å². The topological polar surface area (TPSA) is 78.7 Å². The monoisotopic (exact) mass is 446 g/mol. The van der Waals surface area contributed by atoms with E-state index in [1.807, 2.05) is 12.1 Å². The van der Waals surface area contributed by atoms with Gasteiger partial charge >= 0.3 is 5.97 Å². The van der Waals surface area contributed by atoms with Gasteiger partial charge in [0.25, 0.3) is 0 Å². The highest BCUT2D eigenvalue weighted by Gasteiger charge is 2.22. The predicted octanol–water partition coefficient (Wildman–Crippen LogP) is 5.22. The van der Waals surface area contributed by atoms with Gasteiger partial charge in [-0.25, -0.2) is 4.79 Å². The average molecular weight is 447 g/mol. The molecule has 2 aromatic carbocycles. The van der Waals surface area contributed by atoms with Crippen molar-refractivity contribution in [2.24, 2.45) is 10.2 Å². The molecule has 1 heterocycles. The first-order valence-electron chi connectivity index (χ1n) is 8.53. The lowest BCUT2D eigenvalue weighted by molar-refractivity contribution is -0.138. The van der Waals surface area contributed by atoms with Crippen LogP contribution in [-0.2, 0) is 9.53 Å². The van der Waals surface area contributed by atoms with Gasteiger partial charge in [0.15, 0.2) is 11.5 Å². The summed E-state index contributed by atoms with van der Waals surface area (Å²) in [6.45, 7) is 2.18. The van der Waals surface area contributed by atoms with Crippen molar-refractivity contribution in [3.05, 3.63) is 45.9 Å². The lowest BCUT2D eigenvalue weighted by Crippen LogP contribution is -2.17. The summed E-state index contributed by atoms with van der Waals surface area (Å²) in [7, 11) is 3.12. The molecule has 0 amide bonds. The number of halogens is 1. The summed E-state index contributed by atoms with van der Waals surface area (Å²) in [6.07, 6.45) is 1.72. The zero-order valence-corrected chi connectivity index (χ0v) is 17.3. The number of fused-ring (bicyclic) bond motifs is 1. The van der Waals surface area contributed by atoms with Crippen LogP contribution in [0, 0.1) is 0 Å². The number of azo groups is 1. The quantitative estimate of drug-likeness (QED) is 0.448. The molecular formula is C20H19BrN2O5. The maximum atomic E-state index is 12.0. The molecule has 2 aromatic rings. The molecule has 1 aliphatic rings. The summed E-state index contributed by atoms with van der Waals surface area (Å²) in [5, 5.41) is 8.55. The van der Waals surface area contributed by atoms with E-state index in [0.717, 1.165) is 4.47 Å². The first-order chi connectivity index (χ1) is 13.5. The van der Waals surface area contributed by atoms with Gasteiger partial charge in [-0.05, 0) is 37.3 Å². The summed E-state index contributed by atoms with van der Waals surface area (Å²) in [5.74, 6) is 1.25. The molecule has 0 unspecified atom stereocenters. The number of rotatable bonds is 6. The van der Waals surface area contributed by atoms with Gasteiger partial charge in [-0.15, -0.1) is 5.11 Å². The summed E-state index contributed by atoms with van der Waals surface area (Å²) >= 11 is 3.39. The Morgan fingerprint density at radius 2 is 1.93 bits per heavy atom. The molecule has 8 heteroatoms. The first kappa shape index (κ1) is 19.9. The minimum absolute atomic E-state index is 0.124. The van der Waals surface area contributed by atoms with Gasteiger partial charge in [0.2, 0.25) is 0 Å². The number of hydrogen-bond acceptors (Lipinski definition) is 7. The van der Waals surface area contributed by atoms with E-state index in [4.69, 9.17) is 18.9 Å². The Bertz CT molecular complexity index is 956. The maximum absolute atomic E-state index is 12.0. The number of methoxy groups -OCH3 is 2. The number of carbonyl (C=O) groups is 1. The minimum Gasteiger partial charge on any atom is -0.494 e. The molecule has 0 fully saturated rings. The van der Waals surface area contributed by atoms with E-state index < -0.39 is 5.97 Å². The van der Waals surface area contributed by atoms with Crippen molar-refractivity contribution in [3.8, 4) is 17.2 Å². The van der Waals surface area contributed by atoms with E-state index in [-0.39, 0.29) is 6.61 Å². The molecule has 0 bridgehead atoms. The molecule has 146 valence electrons. The summed E-state index contributed by atoms with van der Waals surface area (Å²) in [4.78, 5) is 12.0. The fraction of sp³-hybridized carbons (Fsp3) is 0.250. The summed E-state index contributed by atoms with van der Waals surface area (Å²) in [5.41, 5.74) is 2.23. The third kappa shape index (κ3) is 4.33. The van der Waals surface area contributed by atoms with Crippen LogP contribution in [0.5, 0.6) is 17.2 Å². The van der Waals surface area contributed by atoms with Gasteiger partial charge in [-0.1, -0.05) is 15.9 Å². The van der Waals surface area contributed by atoms with Crippen LogP contribution in [0.3, 0.4) is 0 Å². The van der Waals surface area contributed by atoms with Crippen LogP contribution < -0.4 is 14.2 Å². The lowest BCUT2D eigenvalue weighted by atomic mass is 10.1. The Balaban J connectivity index is 1.96. The van der Waals surface area contributed by atoms with Crippen LogP contribution >= 0.6 is 15.9 Å². The molecule has 3 rings (SSSR count). The smallest absolute Gasteiger partial charge is 0.337 e. The highest BCUT2D eigenvalue weighted by atomic mass is 79.9. The number of hydrogen-bond donors (Lipinski definition) is 0. The van der Waals surface area contributed by atoms with Crippen molar-refractivity contribution in [1.29, 1.82) is 0 Å². The van der Waals surface area contributed by atoms with Gasteiger partial charge in [-0.3, -0.25) is 0 Å². The van der Waals surface area contributed by atoms with E-state index >= 15 is 0 Å². The molecule has 0 spiro atoms. The fourth-order valence-electron chi connectivity index (χ4n) is 2.65. The van der Waals surface area contributed by atoms with Crippen LogP contribution in [0.1, 0.15) is 12.5 Å². The van der Waals surface area contributed by atoms with Gasteiger partial charge < -0.3 is 18.9 Å². The molecule has 0 aliphatic carbocycles. The molecule has 0 N–H and O–H groups in total. The van der Waals surface area contributed by atoms with Gasteiger partial charge in [0, 0.05) is 16.1 Å². The van der Waals surface area contributed by atoms with Crippen molar-refractivity contribution in [1.82, 2.24) is 0 Å². The third-order valence-electron chi connectivity index (χ3n) is 3.94. The second-order valence-electron chi connectivity index (χ2n) is 5.76. The van der Waals surface area contributed by atoms with Crippen LogP contribution in [0.15, 0.2) is 50.6 Å². The second kappa shape index (κ2) is 8.88. The van der Waals surface area contributed by atoms with E-state index in [1.165, 1.54) is 0 Å². The number of ether oxygens (including phenoxy) is 4. The third-order valence-corrected chi connectivity index (χ3v) is 4.44. The van der Waals surface area contributed by atoms with Gasteiger partial charge in [0.1, 0.15) is 18.0 Å². The van der Waals surface area contributed by atoms with Crippen molar-refractivity contribution in [3.63, 3.8) is 0 Å². The number of carbonyl (C=O) groups excluding carboxylic acids is 1. The zero-order valence-electron chi connectivity index (χ0n) is 15.7. The molecular weight excluding hydrogens is 428 g/mol. The Morgan fingerprint density at radius 3 is 2.64 bits per heavy atom. The Hall–Kier alpha value is -2.87. The Kier molecular flexibility index (Phi) is 6.30. The SMILES string of the molecule is CCOC(=O)C1=Cc2cc(/N=N/c3ccc(Br)cc3OC)cc(OC)c2OC1. The molecule has 0 radical (unpaired) electrons. The van der Waals surface area contributed by atoms with Crippen LogP contribution in [0.4, 0.5) is 11.4 Å². The molecule has 0 aromatic heterocycles. The highest BCUT2D eigenvalue weighted by molar-refractivity contribution is 9.10. The largest absolute Gasteiger partial charge is 0.494 e. The molecule has 0 saturated heterocycles. The van der Waals surface area contributed by atoms with Crippen molar-refractivity contribution in [2.75, 3.05) is 27.4 Å². The van der Waals surface area contributed by atoms with Crippen LogP contribution in [0.25, 0.3) is 6.08 Å². The molecule has 0 atom stereocenters. The lowest BCUT2D eigenvalue weighted by Gasteiger charge is -2.19. The number of esters is 1. The minimum atomic E-state index is -0.404. The molecule has 28 heavy (non-hydrogen) atoms. The molecule has 0 saturated carbocycles. The van der Waals surface area contributed by atoms with Crippen molar-refractivity contribution < 1.29 is 23.7 Å². The van der Waals surface area contributed by atoms with Crippen LogP contribution in [0.2, 0.25) is 0 Å². The molecule has 1 aliphatic heterocycles. The van der Waals surface area contributed by atoms with E-state index in [1.54, 1.807) is 45.4 Å². The fourth-order valence-corrected chi connectivity index (χ4v) is 2.99. The van der Waals surface area contributed by atoms with E-state index in [9.17, 15) is 4.79 Å². The normalized spacial score (nSPS) is 12.8. The van der Waals surface area contributed by atoms with Crippen molar-refractivity contribution in [2.45, 2.75) is 6.92 Å². The summed E-state index contributed by atoms with van der Waals surface area (Å²) < 4.78 is 22.4. The van der Waals surface area contributed by atoms with E-state index in [0.29, 0.717) is 46.4 Å². The summed E-state index contributed by atoms with van der Waals surface area (Å²) in [6, 6.07) is 8.95. The van der Waals surface area contributed by atoms with E-state index in [2.05, 4.69) is 26.2 Å². The second-order valence-corrected chi connectivity index (χ2v) is 6.68. The average Bonchev–Trinajstić information content (AvgIpc) is 2.71. The highest BCUT2D eigenvalue weighted by Crippen LogP contribution is 2.40. The molecule has 7 nitrogen and oxygen atoms in total. The number of nitrogens with zero attached hydrogens (tertiary/aromatic N) is 2. The Morgan fingerprint density at radius 1 is 1.14 bits per heavy atom. The number of benzene rings is 2. The van der Waals surface area contributed by atoms with Crippen molar-refractivity contribution >= 4 is 39.4 Å². The standard InChI is InChI=1S/C20H19BrN2O5/c1-4-27-20(24)13-7-12-8-15(10-18(26-3)19(12)28-11-13)22-23-16-6-5-14(21)9-17(16)25-2/h5-10H,4,11H2,1-3H3/b23-22+. The Labute approximate surface area is 171 Å². The van der Waals surface area contributed by atoms with Gasteiger partial charge in [-0.2, -0.15) is 5.11 Å². The predicted molar refractivity (Wildman–Crippen MR) is 108 cm³/mol. The zero-order chi connectivity index (χ0) is 20.1. The first-order valence-corrected chi connectivity index (χ1v) is 9.32. The van der Waals surface area contributed by atoms with Crippen LogP contribution in [-0.4, -0.2) is 33.4 Å².